The summed E-state index contributed by atoms with van der Waals surface area (Å²) in [5, 5.41) is 5.83. The normalized spacial score (nSPS) is 15.8. The third-order valence-corrected chi connectivity index (χ3v) is 7.42. The number of likely N-dealkylation sites (tertiary alicyclic amines) is 1. The van der Waals surface area contributed by atoms with Gasteiger partial charge in [0.1, 0.15) is 11.9 Å². The van der Waals surface area contributed by atoms with E-state index in [0.29, 0.717) is 6.54 Å². The van der Waals surface area contributed by atoms with Gasteiger partial charge in [-0.15, -0.1) is 0 Å². The fourth-order valence-corrected chi connectivity index (χ4v) is 5.17. The Kier molecular flexibility index (Phi) is 9.11. The van der Waals surface area contributed by atoms with Gasteiger partial charge in [-0.2, -0.15) is 0 Å². The third-order valence-electron chi connectivity index (χ3n) is 7.42. The molecule has 1 fully saturated rings. The van der Waals surface area contributed by atoms with Gasteiger partial charge >= 0.3 is 6.09 Å². The molecule has 4 rings (SSSR count). The van der Waals surface area contributed by atoms with Gasteiger partial charge in [0.05, 0.1) is 36.4 Å². The number of ether oxygens (including phenoxy) is 1. The van der Waals surface area contributed by atoms with Crippen molar-refractivity contribution < 1.29 is 14.3 Å². The number of carbonyl (C=O) groups is 2. The van der Waals surface area contributed by atoms with E-state index in [-0.39, 0.29) is 17.9 Å². The summed E-state index contributed by atoms with van der Waals surface area (Å²) >= 11 is 0. The van der Waals surface area contributed by atoms with Gasteiger partial charge in [0.15, 0.2) is 0 Å². The van der Waals surface area contributed by atoms with Crippen LogP contribution in [0.3, 0.4) is 0 Å². The van der Waals surface area contributed by atoms with Gasteiger partial charge in [-0.05, 0) is 66.8 Å². The summed E-state index contributed by atoms with van der Waals surface area (Å²) in [6, 6.07) is 13.9. The van der Waals surface area contributed by atoms with Gasteiger partial charge in [-0.1, -0.05) is 44.2 Å². The number of anilines is 2. The zero-order valence-electron chi connectivity index (χ0n) is 23.3. The van der Waals surface area contributed by atoms with E-state index >= 15 is 0 Å². The Bertz CT molecular complexity index is 1270. The molecule has 0 saturated carbocycles. The van der Waals surface area contributed by atoms with Crippen LogP contribution in [0.4, 0.5) is 16.2 Å². The molecule has 5 N–H and O–H groups in total. The van der Waals surface area contributed by atoms with Crippen LogP contribution >= 0.6 is 0 Å². The number of benzene rings is 2. The summed E-state index contributed by atoms with van der Waals surface area (Å²) < 4.78 is 4.72. The summed E-state index contributed by atoms with van der Waals surface area (Å²) in [5.74, 6) is 0.590. The van der Waals surface area contributed by atoms with Gasteiger partial charge in [-0.25, -0.2) is 9.78 Å². The molecule has 0 aliphatic carbocycles. The molecule has 2 amide bonds. The van der Waals surface area contributed by atoms with Crippen molar-refractivity contribution in [1.82, 2.24) is 20.2 Å². The van der Waals surface area contributed by atoms with Crippen LogP contribution in [0.1, 0.15) is 56.1 Å². The van der Waals surface area contributed by atoms with Crippen molar-refractivity contribution in [2.24, 2.45) is 5.92 Å². The van der Waals surface area contributed by atoms with Crippen LogP contribution in [0.15, 0.2) is 48.7 Å². The fraction of sp³-hybridized carbons (Fsp3) is 0.433. The number of nitrogens with two attached hydrogens (primary N) is 1. The number of imidazole rings is 1. The Morgan fingerprint density at radius 1 is 1.15 bits per heavy atom. The standard InChI is InChI=1S/C30H40N6O3/c1-19(2)27(35-30(38)39-4)29(37)36-16-6-9-26(36)28-33-18-25(34-28)22-13-10-20(11-14-22)7-5-8-21-12-15-23(31)24(17-21)32-3/h10-15,17-19,26-27,32H,5-9,16,31H2,1-4H3,(H,33,34)(H,35,38). The Hall–Kier alpha value is -4.01. The molecular weight excluding hydrogens is 492 g/mol. The van der Waals surface area contributed by atoms with Crippen LogP contribution in [-0.2, 0) is 22.4 Å². The van der Waals surface area contributed by atoms with Gasteiger partial charge in [-0.3, -0.25) is 4.79 Å². The Labute approximate surface area is 230 Å². The topological polar surface area (TPSA) is 125 Å². The van der Waals surface area contributed by atoms with Gasteiger partial charge in [0.2, 0.25) is 5.91 Å². The van der Waals surface area contributed by atoms with Crippen molar-refractivity contribution in [2.45, 2.75) is 58.0 Å². The van der Waals surface area contributed by atoms with E-state index in [9.17, 15) is 9.59 Å². The molecular formula is C30H40N6O3. The molecule has 0 radical (unpaired) electrons. The van der Waals surface area contributed by atoms with Crippen LogP contribution < -0.4 is 16.4 Å². The van der Waals surface area contributed by atoms with E-state index in [1.54, 1.807) is 0 Å². The largest absolute Gasteiger partial charge is 0.453 e. The van der Waals surface area contributed by atoms with Gasteiger partial charge < -0.3 is 31.0 Å². The molecule has 1 aromatic heterocycles. The minimum Gasteiger partial charge on any atom is -0.453 e. The molecule has 9 heteroatoms. The summed E-state index contributed by atoms with van der Waals surface area (Å²) in [4.78, 5) is 35.1. The van der Waals surface area contributed by atoms with E-state index in [1.165, 1.54) is 18.2 Å². The van der Waals surface area contributed by atoms with E-state index in [1.807, 2.05) is 38.1 Å². The molecule has 39 heavy (non-hydrogen) atoms. The van der Waals surface area contributed by atoms with Crippen LogP contribution in [0, 0.1) is 5.92 Å². The highest BCUT2D eigenvalue weighted by atomic mass is 16.5. The van der Waals surface area contributed by atoms with Crippen LogP contribution in [0.5, 0.6) is 0 Å². The second-order valence-corrected chi connectivity index (χ2v) is 10.5. The number of rotatable bonds is 10. The lowest BCUT2D eigenvalue weighted by Gasteiger charge is -2.30. The number of nitrogen functional groups attached to an aromatic ring is 1. The van der Waals surface area contributed by atoms with E-state index in [2.05, 4.69) is 57.0 Å². The molecule has 2 heterocycles. The average molecular weight is 533 g/mol. The number of aromatic amines is 1. The number of carbonyl (C=O) groups excluding carboxylic acids is 2. The number of methoxy groups -OCH3 is 1. The van der Waals surface area contributed by atoms with Crippen LogP contribution in [0.2, 0.25) is 0 Å². The first-order valence-corrected chi connectivity index (χ1v) is 13.7. The van der Waals surface area contributed by atoms with E-state index < -0.39 is 12.1 Å². The summed E-state index contributed by atoms with van der Waals surface area (Å²) in [7, 11) is 3.18. The number of H-pyrrole nitrogens is 1. The molecule has 0 bridgehead atoms. The Morgan fingerprint density at radius 2 is 1.87 bits per heavy atom. The summed E-state index contributed by atoms with van der Waals surface area (Å²) in [6.07, 6.45) is 5.97. The average Bonchev–Trinajstić information content (AvgIpc) is 3.62. The van der Waals surface area contributed by atoms with E-state index in [0.717, 1.165) is 60.6 Å². The maximum Gasteiger partial charge on any atom is 0.407 e. The van der Waals surface area contributed by atoms with Crippen molar-refractivity contribution in [1.29, 1.82) is 0 Å². The molecule has 3 aromatic rings. The lowest BCUT2D eigenvalue weighted by Crippen LogP contribution is -2.51. The molecule has 2 aromatic carbocycles. The predicted octanol–water partition coefficient (Wildman–Crippen LogP) is 4.92. The molecule has 208 valence electrons. The molecule has 2 unspecified atom stereocenters. The second kappa shape index (κ2) is 12.7. The van der Waals surface area contributed by atoms with Gasteiger partial charge in [0, 0.05) is 13.6 Å². The number of nitrogens with one attached hydrogen (secondary N) is 3. The quantitative estimate of drug-likeness (QED) is 0.275. The highest BCUT2D eigenvalue weighted by Crippen LogP contribution is 2.33. The van der Waals surface area contributed by atoms with Crippen molar-refractivity contribution in [3.8, 4) is 11.3 Å². The maximum absolute atomic E-state index is 13.4. The highest BCUT2D eigenvalue weighted by molar-refractivity contribution is 5.86. The van der Waals surface area contributed by atoms with Crippen molar-refractivity contribution in [3.05, 3.63) is 65.6 Å². The molecule has 1 aliphatic heterocycles. The van der Waals surface area contributed by atoms with Crippen molar-refractivity contribution in [2.75, 3.05) is 31.8 Å². The molecule has 2 atom stereocenters. The maximum atomic E-state index is 13.4. The number of hydrogen-bond donors (Lipinski definition) is 4. The fourth-order valence-electron chi connectivity index (χ4n) is 5.17. The zero-order chi connectivity index (χ0) is 27.9. The Morgan fingerprint density at radius 3 is 2.56 bits per heavy atom. The predicted molar refractivity (Wildman–Crippen MR) is 154 cm³/mol. The zero-order valence-corrected chi connectivity index (χ0v) is 23.3. The minimum absolute atomic E-state index is 0.0687. The minimum atomic E-state index is -0.648. The van der Waals surface area contributed by atoms with Gasteiger partial charge in [0.25, 0.3) is 0 Å². The third kappa shape index (κ3) is 6.71. The molecule has 9 nitrogen and oxygen atoms in total. The smallest absolute Gasteiger partial charge is 0.407 e. The number of nitrogens with zero attached hydrogens (tertiary/aromatic N) is 2. The monoisotopic (exact) mass is 532 g/mol. The van der Waals surface area contributed by atoms with Crippen LogP contribution in [0.25, 0.3) is 11.3 Å². The number of aromatic nitrogens is 2. The molecule has 1 saturated heterocycles. The number of aryl methyl sites for hydroxylation is 2. The summed E-state index contributed by atoms with van der Waals surface area (Å²) in [5.41, 5.74) is 12.2. The first-order chi connectivity index (χ1) is 18.8. The summed E-state index contributed by atoms with van der Waals surface area (Å²) in [6.45, 7) is 4.46. The number of alkyl carbamates (subject to hydrolysis) is 1. The molecule has 0 spiro atoms. The number of hydrogen-bond acceptors (Lipinski definition) is 6. The Balaban J connectivity index is 1.37. The first-order valence-electron chi connectivity index (χ1n) is 13.7. The first kappa shape index (κ1) is 28.0. The lowest BCUT2D eigenvalue weighted by atomic mass is 10.0. The SMILES string of the molecule is CNc1cc(CCCc2ccc(-c3cnc(C4CCCN4C(=O)C(NC(=O)OC)C(C)C)[nH]3)cc2)ccc1N. The number of amides is 2. The van der Waals surface area contributed by atoms with Crippen molar-refractivity contribution >= 4 is 23.4 Å². The highest BCUT2D eigenvalue weighted by Gasteiger charge is 2.37. The van der Waals surface area contributed by atoms with Crippen molar-refractivity contribution in [3.63, 3.8) is 0 Å². The lowest BCUT2D eigenvalue weighted by molar-refractivity contribution is -0.135. The van der Waals surface area contributed by atoms with E-state index in [4.69, 9.17) is 10.5 Å². The molecule has 1 aliphatic rings. The second-order valence-electron chi connectivity index (χ2n) is 10.5. The van der Waals surface area contributed by atoms with Crippen LogP contribution in [-0.4, -0.2) is 53.6 Å².